The number of fused-ring (bicyclic) bond motifs is 1. The van der Waals surface area contributed by atoms with Gasteiger partial charge < -0.3 is 15.1 Å². The van der Waals surface area contributed by atoms with E-state index in [1.807, 2.05) is 35.2 Å². The first-order chi connectivity index (χ1) is 12.7. The van der Waals surface area contributed by atoms with Crippen LogP contribution in [0.25, 0.3) is 10.9 Å². The second-order valence-electron chi connectivity index (χ2n) is 6.26. The molecule has 8 heteroatoms. The Morgan fingerprint density at radius 2 is 2.04 bits per heavy atom. The van der Waals surface area contributed by atoms with Gasteiger partial charge in [-0.1, -0.05) is 11.6 Å². The van der Waals surface area contributed by atoms with E-state index >= 15 is 0 Å². The van der Waals surface area contributed by atoms with Gasteiger partial charge in [-0.3, -0.25) is 5.10 Å². The predicted molar refractivity (Wildman–Crippen MR) is 103 cm³/mol. The van der Waals surface area contributed by atoms with E-state index in [0.717, 1.165) is 41.9 Å². The summed E-state index contributed by atoms with van der Waals surface area (Å²) in [6, 6.07) is 9.37. The molecule has 1 aliphatic heterocycles. The van der Waals surface area contributed by atoms with E-state index in [-0.39, 0.29) is 6.03 Å². The molecule has 1 aromatic carbocycles. The van der Waals surface area contributed by atoms with Gasteiger partial charge >= 0.3 is 6.03 Å². The molecule has 7 nitrogen and oxygen atoms in total. The number of rotatable bonds is 2. The molecule has 2 amide bonds. The van der Waals surface area contributed by atoms with Crippen molar-refractivity contribution in [3.63, 3.8) is 0 Å². The molecule has 0 saturated carbocycles. The summed E-state index contributed by atoms with van der Waals surface area (Å²) in [5.74, 6) is 0.891. The summed E-state index contributed by atoms with van der Waals surface area (Å²) in [6.45, 7) is 2.95. The Balaban J connectivity index is 1.39. The molecule has 26 heavy (non-hydrogen) atoms. The van der Waals surface area contributed by atoms with Crippen molar-refractivity contribution in [1.82, 2.24) is 20.1 Å². The molecule has 3 heterocycles. The molecule has 0 unspecified atom stereocenters. The lowest BCUT2D eigenvalue weighted by atomic mass is 10.2. The van der Waals surface area contributed by atoms with Crippen LogP contribution in [0.4, 0.5) is 16.3 Å². The Kier molecular flexibility index (Phi) is 4.62. The highest BCUT2D eigenvalue weighted by molar-refractivity contribution is 6.30. The molecule has 4 rings (SSSR count). The van der Waals surface area contributed by atoms with Crippen LogP contribution in [0, 0.1) is 0 Å². The number of H-pyrrole nitrogens is 1. The van der Waals surface area contributed by atoms with E-state index in [4.69, 9.17) is 11.6 Å². The molecule has 0 radical (unpaired) electrons. The number of amides is 2. The van der Waals surface area contributed by atoms with Crippen molar-refractivity contribution in [1.29, 1.82) is 0 Å². The molecule has 0 bridgehead atoms. The Morgan fingerprint density at radius 1 is 1.12 bits per heavy atom. The van der Waals surface area contributed by atoms with Crippen molar-refractivity contribution in [3.05, 3.63) is 47.7 Å². The number of halogens is 1. The van der Waals surface area contributed by atoms with E-state index in [1.54, 1.807) is 12.4 Å². The Labute approximate surface area is 156 Å². The number of hydrogen-bond donors (Lipinski definition) is 2. The first-order valence-electron chi connectivity index (χ1n) is 8.54. The molecule has 1 saturated heterocycles. The number of anilines is 2. The van der Waals surface area contributed by atoms with Gasteiger partial charge in [0.1, 0.15) is 5.82 Å². The third-order valence-electron chi connectivity index (χ3n) is 4.51. The molecular weight excluding hydrogens is 352 g/mol. The zero-order valence-electron chi connectivity index (χ0n) is 14.2. The topological polar surface area (TPSA) is 77.2 Å². The summed E-state index contributed by atoms with van der Waals surface area (Å²) in [6.07, 6.45) is 4.28. The Hall–Kier alpha value is -2.80. The fourth-order valence-corrected chi connectivity index (χ4v) is 3.24. The lowest BCUT2D eigenvalue weighted by Crippen LogP contribution is -2.38. The van der Waals surface area contributed by atoms with Gasteiger partial charge in [0.25, 0.3) is 0 Å². The number of benzene rings is 1. The van der Waals surface area contributed by atoms with Crippen LogP contribution in [0.3, 0.4) is 0 Å². The predicted octanol–water partition coefficient (Wildman–Crippen LogP) is 3.36. The number of carbonyl (C=O) groups excluding carboxylic acids is 1. The first kappa shape index (κ1) is 16.7. The number of hydrogen-bond acceptors (Lipinski definition) is 4. The fraction of sp³-hybridized carbons (Fsp3) is 0.278. The lowest BCUT2D eigenvalue weighted by molar-refractivity contribution is 0.215. The molecule has 1 aliphatic rings. The SMILES string of the molecule is O=C(Nc1ccc2[nH]ncc2c1)N1CCCN(c2ccc(Cl)cn2)CC1. The van der Waals surface area contributed by atoms with Crippen molar-refractivity contribution < 1.29 is 4.79 Å². The molecule has 1 fully saturated rings. The normalized spacial score (nSPS) is 15.1. The molecule has 2 N–H and O–H groups in total. The van der Waals surface area contributed by atoms with Gasteiger partial charge in [0.2, 0.25) is 0 Å². The number of pyridine rings is 1. The number of nitrogens with one attached hydrogen (secondary N) is 2. The minimum absolute atomic E-state index is 0.0845. The monoisotopic (exact) mass is 370 g/mol. The van der Waals surface area contributed by atoms with Gasteiger partial charge in [-0.2, -0.15) is 5.10 Å². The molecule has 0 atom stereocenters. The van der Waals surface area contributed by atoms with E-state index in [2.05, 4.69) is 25.4 Å². The lowest BCUT2D eigenvalue weighted by Gasteiger charge is -2.23. The first-order valence-corrected chi connectivity index (χ1v) is 8.92. The smallest absolute Gasteiger partial charge is 0.321 e. The maximum atomic E-state index is 12.6. The number of aromatic amines is 1. The summed E-state index contributed by atoms with van der Waals surface area (Å²) in [5.41, 5.74) is 1.72. The quantitative estimate of drug-likeness (QED) is 0.725. The van der Waals surface area contributed by atoms with Crippen molar-refractivity contribution in [3.8, 4) is 0 Å². The number of nitrogens with zero attached hydrogens (tertiary/aromatic N) is 4. The summed E-state index contributed by atoms with van der Waals surface area (Å²) in [4.78, 5) is 21.0. The third-order valence-corrected chi connectivity index (χ3v) is 4.73. The van der Waals surface area contributed by atoms with Crippen molar-refractivity contribution in [2.24, 2.45) is 0 Å². The van der Waals surface area contributed by atoms with Crippen LogP contribution in [0.1, 0.15) is 6.42 Å². The summed E-state index contributed by atoms with van der Waals surface area (Å²) in [7, 11) is 0. The number of carbonyl (C=O) groups is 1. The highest BCUT2D eigenvalue weighted by atomic mass is 35.5. The molecule has 0 spiro atoms. The average Bonchev–Trinajstić information content (AvgIpc) is 2.97. The second-order valence-corrected chi connectivity index (χ2v) is 6.70. The van der Waals surface area contributed by atoms with Crippen molar-refractivity contribution >= 4 is 40.0 Å². The highest BCUT2D eigenvalue weighted by Gasteiger charge is 2.20. The third kappa shape index (κ3) is 3.57. The minimum Gasteiger partial charge on any atom is -0.355 e. The standard InChI is InChI=1S/C18H19ClN6O/c19-14-2-5-17(20-12-14)24-6-1-7-25(9-8-24)18(26)22-15-3-4-16-13(10-15)11-21-23-16/h2-5,10-12H,1,6-9H2,(H,21,23)(H,22,26). The molecular formula is C18H19ClN6O. The molecule has 134 valence electrons. The van der Waals surface area contributed by atoms with Gasteiger partial charge in [0, 0.05) is 43.4 Å². The van der Waals surface area contributed by atoms with Gasteiger partial charge in [-0.25, -0.2) is 9.78 Å². The van der Waals surface area contributed by atoms with Crippen LogP contribution in [-0.4, -0.2) is 52.3 Å². The number of urea groups is 1. The van der Waals surface area contributed by atoms with Crippen LogP contribution in [0.2, 0.25) is 5.02 Å². The van der Waals surface area contributed by atoms with Crippen molar-refractivity contribution in [2.45, 2.75) is 6.42 Å². The Bertz CT molecular complexity index is 909. The van der Waals surface area contributed by atoms with E-state index in [0.29, 0.717) is 18.1 Å². The van der Waals surface area contributed by atoms with Gasteiger partial charge in [0.15, 0.2) is 0 Å². The van der Waals surface area contributed by atoms with Gasteiger partial charge in [-0.15, -0.1) is 0 Å². The minimum atomic E-state index is -0.0845. The molecule has 3 aromatic rings. The van der Waals surface area contributed by atoms with Crippen LogP contribution in [0.5, 0.6) is 0 Å². The van der Waals surface area contributed by atoms with E-state index < -0.39 is 0 Å². The fourth-order valence-electron chi connectivity index (χ4n) is 3.13. The molecule has 2 aromatic heterocycles. The zero-order chi connectivity index (χ0) is 17.9. The van der Waals surface area contributed by atoms with Gasteiger partial charge in [0.05, 0.1) is 16.7 Å². The maximum Gasteiger partial charge on any atom is 0.321 e. The van der Waals surface area contributed by atoms with Crippen molar-refractivity contribution in [2.75, 3.05) is 36.4 Å². The average molecular weight is 371 g/mol. The molecule has 0 aliphatic carbocycles. The van der Waals surface area contributed by atoms with Crippen LogP contribution < -0.4 is 10.2 Å². The Morgan fingerprint density at radius 3 is 2.88 bits per heavy atom. The maximum absolute atomic E-state index is 12.6. The largest absolute Gasteiger partial charge is 0.355 e. The second kappa shape index (κ2) is 7.21. The zero-order valence-corrected chi connectivity index (χ0v) is 14.9. The van der Waals surface area contributed by atoms with Gasteiger partial charge in [-0.05, 0) is 36.8 Å². The highest BCUT2D eigenvalue weighted by Crippen LogP contribution is 2.19. The summed E-state index contributed by atoms with van der Waals surface area (Å²) >= 11 is 5.91. The van der Waals surface area contributed by atoms with E-state index in [9.17, 15) is 4.79 Å². The summed E-state index contributed by atoms with van der Waals surface area (Å²) in [5, 5.41) is 11.5. The number of aromatic nitrogens is 3. The van der Waals surface area contributed by atoms with E-state index in [1.165, 1.54) is 0 Å². The van der Waals surface area contributed by atoms with Crippen LogP contribution >= 0.6 is 11.6 Å². The van der Waals surface area contributed by atoms with Crippen LogP contribution in [-0.2, 0) is 0 Å². The van der Waals surface area contributed by atoms with Crippen LogP contribution in [0.15, 0.2) is 42.7 Å². The summed E-state index contributed by atoms with van der Waals surface area (Å²) < 4.78 is 0.